The number of nitrogens with zero attached hydrogens (tertiary/aromatic N) is 1. The number of benzene rings is 1. The Kier molecular flexibility index (Phi) is 13.9. The molecule has 1 aromatic heterocycles. The average molecular weight is 455 g/mol. The third-order valence-corrected chi connectivity index (χ3v) is 6.11. The molecule has 0 unspecified atom stereocenters. The second-order valence-corrected chi connectivity index (χ2v) is 9.01. The van der Waals surface area contributed by atoms with Gasteiger partial charge in [0.15, 0.2) is 0 Å². The zero-order valence-corrected chi connectivity index (χ0v) is 20.4. The smallest absolute Gasteiger partial charge is 0.240 e. The van der Waals surface area contributed by atoms with Crippen LogP contribution in [0, 0.1) is 0 Å². The van der Waals surface area contributed by atoms with Crippen molar-refractivity contribution in [3.8, 4) is 0 Å². The molecule has 0 aliphatic carbocycles. The van der Waals surface area contributed by atoms with E-state index in [9.17, 15) is 9.59 Å². The Hall–Kier alpha value is -2.43. The molecule has 0 aliphatic heterocycles. The number of rotatable bonds is 18. The maximum atomic E-state index is 12.4. The maximum absolute atomic E-state index is 12.4. The summed E-state index contributed by atoms with van der Waals surface area (Å²) in [6.07, 6.45) is 22.7. The lowest BCUT2D eigenvalue weighted by Gasteiger charge is -2.03. The summed E-state index contributed by atoms with van der Waals surface area (Å²) in [5, 5.41) is 4.42. The molecular weight excluding hydrogens is 412 g/mol. The van der Waals surface area contributed by atoms with Gasteiger partial charge in [-0.1, -0.05) is 109 Å². The van der Waals surface area contributed by atoms with Crippen molar-refractivity contribution < 1.29 is 9.21 Å². The van der Waals surface area contributed by atoms with Crippen LogP contribution in [0.25, 0.3) is 11.0 Å². The molecule has 0 saturated heterocycles. The van der Waals surface area contributed by atoms with Gasteiger partial charge < -0.3 is 4.42 Å². The summed E-state index contributed by atoms with van der Waals surface area (Å²) >= 11 is 0. The molecule has 2 aromatic rings. The number of unbranched alkanes of at least 4 members (excludes halogenated alkanes) is 14. The second-order valence-electron chi connectivity index (χ2n) is 9.01. The first-order valence-electron chi connectivity index (χ1n) is 13.0. The number of carbonyl (C=O) groups is 1. The third-order valence-electron chi connectivity index (χ3n) is 6.11. The van der Waals surface area contributed by atoms with E-state index in [4.69, 9.17) is 4.42 Å². The molecule has 5 nitrogen and oxygen atoms in total. The number of hydrazone groups is 1. The highest BCUT2D eigenvalue weighted by Gasteiger charge is 2.05. The van der Waals surface area contributed by atoms with Gasteiger partial charge >= 0.3 is 0 Å². The number of amides is 1. The summed E-state index contributed by atoms with van der Waals surface area (Å²) in [6, 6.07) is 7.07. The molecule has 1 N–H and O–H groups in total. The van der Waals surface area contributed by atoms with Crippen LogP contribution in [0.3, 0.4) is 0 Å². The molecule has 0 bridgehead atoms. The molecule has 1 amide bonds. The molecule has 1 heterocycles. The van der Waals surface area contributed by atoms with Gasteiger partial charge in [-0.25, -0.2) is 5.43 Å². The minimum Gasteiger partial charge on any atom is -0.463 e. The number of carbonyl (C=O) groups excluding carboxylic acids is 1. The van der Waals surface area contributed by atoms with Crippen molar-refractivity contribution in [2.45, 2.75) is 110 Å². The van der Waals surface area contributed by atoms with E-state index in [1.54, 1.807) is 18.2 Å². The van der Waals surface area contributed by atoms with E-state index in [0.717, 1.165) is 12.8 Å². The van der Waals surface area contributed by atoms with Crippen LogP contribution in [0.1, 0.15) is 115 Å². The van der Waals surface area contributed by atoms with Crippen LogP contribution in [0.4, 0.5) is 0 Å². The fraction of sp³-hybridized carbons (Fsp3) is 0.607. The molecule has 0 aliphatic rings. The number of nitrogens with one attached hydrogen (secondary N) is 1. The summed E-state index contributed by atoms with van der Waals surface area (Å²) in [4.78, 5) is 24.3. The normalized spacial score (nSPS) is 11.4. The number of hydrogen-bond donors (Lipinski definition) is 1. The molecule has 2 rings (SSSR count). The van der Waals surface area contributed by atoms with E-state index in [0.29, 0.717) is 23.0 Å². The minimum atomic E-state index is -0.155. The Morgan fingerprint density at radius 1 is 0.848 bits per heavy atom. The third kappa shape index (κ3) is 11.3. The van der Waals surface area contributed by atoms with Gasteiger partial charge in [0, 0.05) is 6.42 Å². The monoisotopic (exact) mass is 454 g/mol. The lowest BCUT2D eigenvalue weighted by molar-refractivity contribution is -0.121. The molecule has 0 saturated carbocycles. The summed E-state index contributed by atoms with van der Waals surface area (Å²) < 4.78 is 5.44. The van der Waals surface area contributed by atoms with Crippen molar-refractivity contribution in [3.63, 3.8) is 0 Å². The Morgan fingerprint density at radius 2 is 1.39 bits per heavy atom. The van der Waals surface area contributed by atoms with E-state index in [1.165, 1.54) is 95.9 Å². The van der Waals surface area contributed by atoms with Gasteiger partial charge in [0.05, 0.1) is 17.2 Å². The van der Waals surface area contributed by atoms with Crippen LogP contribution in [-0.2, 0) is 4.79 Å². The zero-order valence-electron chi connectivity index (χ0n) is 20.4. The van der Waals surface area contributed by atoms with E-state index in [-0.39, 0.29) is 11.3 Å². The highest BCUT2D eigenvalue weighted by molar-refractivity contribution is 5.87. The van der Waals surface area contributed by atoms with Crippen LogP contribution in [-0.4, -0.2) is 12.1 Å². The van der Waals surface area contributed by atoms with Crippen molar-refractivity contribution in [1.82, 2.24) is 5.43 Å². The topological polar surface area (TPSA) is 71.7 Å². The fourth-order valence-electron chi connectivity index (χ4n) is 4.07. The SMILES string of the molecule is CCCCCCCCCCCCCCCCCC(=O)NN=Cc1coc2ccccc2c1=O. The lowest BCUT2D eigenvalue weighted by Crippen LogP contribution is -2.18. The number of hydrogen-bond acceptors (Lipinski definition) is 4. The van der Waals surface area contributed by atoms with Gasteiger partial charge in [0.1, 0.15) is 11.8 Å². The summed E-state index contributed by atoms with van der Waals surface area (Å²) in [5.74, 6) is -0.119. The van der Waals surface area contributed by atoms with Crippen LogP contribution >= 0.6 is 0 Å². The average Bonchev–Trinajstić information content (AvgIpc) is 2.83. The minimum absolute atomic E-state index is 0.119. The highest BCUT2D eigenvalue weighted by Crippen LogP contribution is 2.14. The first kappa shape index (κ1) is 26.8. The van der Waals surface area contributed by atoms with Crippen molar-refractivity contribution in [1.29, 1.82) is 0 Å². The van der Waals surface area contributed by atoms with E-state index in [1.807, 2.05) is 6.07 Å². The van der Waals surface area contributed by atoms with Crippen LogP contribution in [0.5, 0.6) is 0 Å². The molecule has 182 valence electrons. The summed E-state index contributed by atoms with van der Waals surface area (Å²) in [5.41, 5.74) is 3.21. The first-order chi connectivity index (χ1) is 16.2. The van der Waals surface area contributed by atoms with E-state index < -0.39 is 0 Å². The second kappa shape index (κ2) is 17.1. The molecule has 5 heteroatoms. The largest absolute Gasteiger partial charge is 0.463 e. The molecule has 0 radical (unpaired) electrons. The van der Waals surface area contributed by atoms with Crippen molar-refractivity contribution in [2.75, 3.05) is 0 Å². The zero-order chi connectivity index (χ0) is 23.6. The van der Waals surface area contributed by atoms with Gasteiger partial charge in [0.25, 0.3) is 0 Å². The van der Waals surface area contributed by atoms with E-state index >= 15 is 0 Å². The Balaban J connectivity index is 1.44. The van der Waals surface area contributed by atoms with Gasteiger partial charge in [-0.2, -0.15) is 5.10 Å². The summed E-state index contributed by atoms with van der Waals surface area (Å²) in [6.45, 7) is 2.27. The number of fused-ring (bicyclic) bond motifs is 1. The Bertz CT molecular complexity index is 888. The van der Waals surface area contributed by atoms with Gasteiger partial charge in [-0.3, -0.25) is 9.59 Å². The number of para-hydroxylation sites is 1. The predicted molar refractivity (Wildman–Crippen MR) is 138 cm³/mol. The van der Waals surface area contributed by atoms with Crippen molar-refractivity contribution >= 4 is 23.1 Å². The molecule has 0 atom stereocenters. The summed E-state index contributed by atoms with van der Waals surface area (Å²) in [7, 11) is 0. The van der Waals surface area contributed by atoms with Crippen LogP contribution in [0.15, 0.2) is 44.8 Å². The van der Waals surface area contributed by atoms with E-state index in [2.05, 4.69) is 17.5 Å². The van der Waals surface area contributed by atoms with Crippen LogP contribution < -0.4 is 10.9 Å². The van der Waals surface area contributed by atoms with Gasteiger partial charge in [-0.15, -0.1) is 0 Å². The quantitative estimate of drug-likeness (QED) is 0.144. The van der Waals surface area contributed by atoms with Gasteiger partial charge in [0.2, 0.25) is 11.3 Å². The molecule has 0 spiro atoms. The lowest BCUT2D eigenvalue weighted by atomic mass is 10.0. The van der Waals surface area contributed by atoms with Crippen molar-refractivity contribution in [3.05, 3.63) is 46.3 Å². The Labute approximate surface area is 199 Å². The molecule has 33 heavy (non-hydrogen) atoms. The predicted octanol–water partition coefficient (Wildman–Crippen LogP) is 7.50. The fourth-order valence-corrected chi connectivity index (χ4v) is 4.07. The molecule has 0 fully saturated rings. The molecular formula is C28H42N2O3. The Morgan fingerprint density at radius 3 is 2.00 bits per heavy atom. The molecule has 1 aromatic carbocycles. The first-order valence-corrected chi connectivity index (χ1v) is 13.0. The highest BCUT2D eigenvalue weighted by atomic mass is 16.3. The standard InChI is InChI=1S/C28H42N2O3/c1-2-3-4-5-6-7-8-9-10-11-12-13-14-15-16-21-27(31)30-29-22-24-23-33-26-20-18-17-19-25(26)28(24)32/h17-20,22-23H,2-16,21H2,1H3,(H,30,31). The van der Waals surface area contributed by atoms with Crippen molar-refractivity contribution in [2.24, 2.45) is 5.10 Å². The van der Waals surface area contributed by atoms with Crippen LogP contribution in [0.2, 0.25) is 0 Å². The van der Waals surface area contributed by atoms with Gasteiger partial charge in [-0.05, 0) is 18.6 Å². The maximum Gasteiger partial charge on any atom is 0.240 e.